The zero-order chi connectivity index (χ0) is 16.8. The Morgan fingerprint density at radius 2 is 2.00 bits per heavy atom. The first-order chi connectivity index (χ1) is 10.2. The van der Waals surface area contributed by atoms with Crippen LogP contribution in [0, 0.1) is 17.0 Å². The maximum atomic E-state index is 11.4. The number of amides is 1. The quantitative estimate of drug-likeness (QED) is 0.478. The summed E-state index contributed by atoms with van der Waals surface area (Å²) in [5.41, 5.74) is 0.915. The van der Waals surface area contributed by atoms with Crippen LogP contribution in [0.15, 0.2) is 18.2 Å². The summed E-state index contributed by atoms with van der Waals surface area (Å²) >= 11 is 0. The number of hydrogen-bond acceptors (Lipinski definition) is 5. The Labute approximate surface area is 130 Å². The molecule has 1 aromatic carbocycles. The Balaban J connectivity index is 2.35. The maximum absolute atomic E-state index is 11.4. The molecule has 0 unspecified atom stereocenters. The molecular formula is C15H23N3O4. The van der Waals surface area contributed by atoms with Crippen molar-refractivity contribution in [1.29, 1.82) is 0 Å². The topological polar surface area (TPSA) is 93.5 Å². The Morgan fingerprint density at radius 1 is 1.32 bits per heavy atom. The third-order valence-corrected chi connectivity index (χ3v) is 2.84. The highest BCUT2D eigenvalue weighted by Crippen LogP contribution is 2.24. The summed E-state index contributed by atoms with van der Waals surface area (Å²) in [7, 11) is 0. The predicted octanol–water partition coefficient (Wildman–Crippen LogP) is 3.23. The molecule has 0 aliphatic carbocycles. The van der Waals surface area contributed by atoms with Gasteiger partial charge in [0, 0.05) is 30.4 Å². The van der Waals surface area contributed by atoms with Gasteiger partial charge in [-0.25, -0.2) is 4.79 Å². The fraction of sp³-hybridized carbons (Fsp3) is 0.533. The van der Waals surface area contributed by atoms with Crippen molar-refractivity contribution in [3.63, 3.8) is 0 Å². The van der Waals surface area contributed by atoms with Crippen molar-refractivity contribution in [3.05, 3.63) is 33.9 Å². The largest absolute Gasteiger partial charge is 0.444 e. The van der Waals surface area contributed by atoms with E-state index >= 15 is 0 Å². The van der Waals surface area contributed by atoms with Crippen LogP contribution in [0.25, 0.3) is 0 Å². The van der Waals surface area contributed by atoms with Gasteiger partial charge >= 0.3 is 6.09 Å². The molecule has 0 radical (unpaired) electrons. The van der Waals surface area contributed by atoms with Gasteiger partial charge in [0.25, 0.3) is 5.69 Å². The van der Waals surface area contributed by atoms with E-state index < -0.39 is 16.6 Å². The second-order valence-corrected chi connectivity index (χ2v) is 5.92. The number of carbonyl (C=O) groups excluding carboxylic acids is 1. The molecule has 0 spiro atoms. The minimum atomic E-state index is -0.511. The molecule has 0 heterocycles. The van der Waals surface area contributed by atoms with Crippen molar-refractivity contribution in [3.8, 4) is 0 Å². The Hall–Kier alpha value is -2.31. The van der Waals surface area contributed by atoms with Crippen LogP contribution in [-0.4, -0.2) is 29.7 Å². The van der Waals surface area contributed by atoms with Gasteiger partial charge < -0.3 is 15.4 Å². The summed E-state index contributed by atoms with van der Waals surface area (Å²) in [6, 6.07) is 4.92. The van der Waals surface area contributed by atoms with Crippen LogP contribution in [0.4, 0.5) is 16.2 Å². The van der Waals surface area contributed by atoms with Gasteiger partial charge in [-0.15, -0.1) is 0 Å². The molecule has 0 bridgehead atoms. The molecule has 2 N–H and O–H groups in total. The van der Waals surface area contributed by atoms with Gasteiger partial charge in [0.1, 0.15) is 5.60 Å². The first-order valence-corrected chi connectivity index (χ1v) is 7.15. The molecule has 7 heteroatoms. The van der Waals surface area contributed by atoms with E-state index in [1.807, 2.05) is 0 Å². The lowest BCUT2D eigenvalue weighted by Crippen LogP contribution is -2.33. The highest BCUT2D eigenvalue weighted by molar-refractivity contribution is 5.67. The third kappa shape index (κ3) is 5.99. The van der Waals surface area contributed by atoms with Crippen LogP contribution in [0.5, 0.6) is 0 Å². The van der Waals surface area contributed by atoms with E-state index in [1.165, 1.54) is 6.07 Å². The second-order valence-electron chi connectivity index (χ2n) is 5.92. The lowest BCUT2D eigenvalue weighted by atomic mass is 10.1. The molecule has 0 aliphatic rings. The number of nitrogens with one attached hydrogen (secondary N) is 2. The Morgan fingerprint density at radius 3 is 2.59 bits per heavy atom. The fourth-order valence-corrected chi connectivity index (χ4v) is 1.83. The van der Waals surface area contributed by atoms with Crippen LogP contribution in [-0.2, 0) is 4.74 Å². The molecule has 0 fully saturated rings. The van der Waals surface area contributed by atoms with Gasteiger partial charge in [-0.05, 0) is 40.2 Å². The minimum Gasteiger partial charge on any atom is -0.444 e. The third-order valence-electron chi connectivity index (χ3n) is 2.84. The van der Waals surface area contributed by atoms with Crippen molar-refractivity contribution in [1.82, 2.24) is 5.32 Å². The lowest BCUT2D eigenvalue weighted by Gasteiger charge is -2.19. The molecule has 1 rings (SSSR count). The van der Waals surface area contributed by atoms with Gasteiger partial charge in [-0.1, -0.05) is 6.07 Å². The number of nitro benzene ring substituents is 1. The fourth-order valence-electron chi connectivity index (χ4n) is 1.83. The number of benzene rings is 1. The van der Waals surface area contributed by atoms with Crippen molar-refractivity contribution in [2.75, 3.05) is 18.4 Å². The van der Waals surface area contributed by atoms with Crippen molar-refractivity contribution in [2.45, 2.75) is 39.7 Å². The molecule has 0 saturated carbocycles. The number of ether oxygens (including phenoxy) is 1. The molecular weight excluding hydrogens is 286 g/mol. The van der Waals surface area contributed by atoms with Gasteiger partial charge in [0.15, 0.2) is 0 Å². The van der Waals surface area contributed by atoms with Crippen molar-refractivity contribution >= 4 is 17.5 Å². The number of carbonyl (C=O) groups is 1. The number of nitro groups is 1. The average Bonchev–Trinajstić information content (AvgIpc) is 2.37. The summed E-state index contributed by atoms with van der Waals surface area (Å²) < 4.78 is 5.12. The summed E-state index contributed by atoms with van der Waals surface area (Å²) in [5.74, 6) is 0. The van der Waals surface area contributed by atoms with Crippen LogP contribution in [0.3, 0.4) is 0 Å². The van der Waals surface area contributed by atoms with Crippen LogP contribution >= 0.6 is 0 Å². The minimum absolute atomic E-state index is 0.0943. The number of anilines is 1. The van der Waals surface area contributed by atoms with E-state index in [4.69, 9.17) is 4.74 Å². The summed E-state index contributed by atoms with van der Waals surface area (Å²) in [4.78, 5) is 21.9. The standard InChI is InChI=1S/C15H23N3O4/c1-11-12(7-5-8-13(11)18(20)21)16-9-6-10-17-14(19)22-15(2,3)4/h5,7-8,16H,6,9-10H2,1-4H3,(H,17,19). The van der Waals surface area contributed by atoms with Crippen molar-refractivity contribution < 1.29 is 14.5 Å². The lowest BCUT2D eigenvalue weighted by molar-refractivity contribution is -0.385. The highest BCUT2D eigenvalue weighted by Gasteiger charge is 2.15. The summed E-state index contributed by atoms with van der Waals surface area (Å²) in [5, 5.41) is 16.6. The number of rotatable bonds is 6. The summed E-state index contributed by atoms with van der Waals surface area (Å²) in [6.07, 6.45) is 0.237. The SMILES string of the molecule is Cc1c(NCCCNC(=O)OC(C)(C)C)cccc1[N+](=O)[O-]. The van der Waals surface area contributed by atoms with Crippen LogP contribution in [0.1, 0.15) is 32.8 Å². The molecule has 0 saturated heterocycles. The molecule has 0 aliphatic heterocycles. The Kier molecular flexibility index (Phi) is 6.15. The molecule has 0 aromatic heterocycles. The van der Waals surface area contributed by atoms with Crippen LogP contribution < -0.4 is 10.6 Å². The highest BCUT2D eigenvalue weighted by atomic mass is 16.6. The van der Waals surface area contributed by atoms with Gasteiger partial charge in [0.05, 0.1) is 4.92 Å². The van der Waals surface area contributed by atoms with Gasteiger partial charge in [-0.2, -0.15) is 0 Å². The molecule has 1 aromatic rings. The predicted molar refractivity (Wildman–Crippen MR) is 85.2 cm³/mol. The van der Waals surface area contributed by atoms with E-state index in [1.54, 1.807) is 39.8 Å². The van der Waals surface area contributed by atoms with Crippen LogP contribution in [0.2, 0.25) is 0 Å². The maximum Gasteiger partial charge on any atom is 0.407 e. The number of nitrogens with zero attached hydrogens (tertiary/aromatic N) is 1. The van der Waals surface area contributed by atoms with E-state index in [9.17, 15) is 14.9 Å². The number of alkyl carbamates (subject to hydrolysis) is 1. The van der Waals surface area contributed by atoms with E-state index in [2.05, 4.69) is 10.6 Å². The van der Waals surface area contributed by atoms with Gasteiger partial charge in [0.2, 0.25) is 0 Å². The zero-order valence-corrected chi connectivity index (χ0v) is 13.4. The van der Waals surface area contributed by atoms with E-state index in [0.717, 1.165) is 5.69 Å². The summed E-state index contributed by atoms with van der Waals surface area (Å²) in [6.45, 7) is 8.19. The molecule has 22 heavy (non-hydrogen) atoms. The molecule has 122 valence electrons. The molecule has 1 amide bonds. The van der Waals surface area contributed by atoms with E-state index in [0.29, 0.717) is 25.1 Å². The molecule has 0 atom stereocenters. The normalized spacial score (nSPS) is 10.9. The van der Waals surface area contributed by atoms with Gasteiger partial charge in [-0.3, -0.25) is 10.1 Å². The van der Waals surface area contributed by atoms with Crippen molar-refractivity contribution in [2.24, 2.45) is 0 Å². The average molecular weight is 309 g/mol. The zero-order valence-electron chi connectivity index (χ0n) is 13.4. The number of hydrogen-bond donors (Lipinski definition) is 2. The first kappa shape index (κ1) is 17.7. The first-order valence-electron chi connectivity index (χ1n) is 7.15. The smallest absolute Gasteiger partial charge is 0.407 e. The second kappa shape index (κ2) is 7.63. The monoisotopic (exact) mass is 309 g/mol. The van der Waals surface area contributed by atoms with E-state index in [-0.39, 0.29) is 5.69 Å². The Bertz CT molecular complexity index is 538. The molecule has 7 nitrogen and oxygen atoms in total.